The van der Waals surface area contributed by atoms with Gasteiger partial charge in [0.2, 0.25) is 0 Å². The molecule has 0 radical (unpaired) electrons. The van der Waals surface area contributed by atoms with Crippen molar-refractivity contribution in [1.82, 2.24) is 0 Å². The predicted octanol–water partition coefficient (Wildman–Crippen LogP) is 4.33. The Morgan fingerprint density at radius 3 is 2.38 bits per heavy atom. The summed E-state index contributed by atoms with van der Waals surface area (Å²) in [6.45, 7) is 4.18. The summed E-state index contributed by atoms with van der Waals surface area (Å²) >= 11 is 0. The summed E-state index contributed by atoms with van der Waals surface area (Å²) in [6.07, 6.45) is 1.46. The fourth-order valence-corrected chi connectivity index (χ4v) is 2.16. The van der Waals surface area contributed by atoms with Crippen LogP contribution in [0.15, 0.2) is 54.1 Å². The van der Waals surface area contributed by atoms with Gasteiger partial charge in [-0.05, 0) is 35.8 Å². The van der Waals surface area contributed by atoms with Crippen LogP contribution in [0.5, 0.6) is 11.5 Å². The Kier molecular flexibility index (Phi) is 5.75. The van der Waals surface area contributed by atoms with Crippen LogP contribution >= 0.6 is 0 Å². The number of esters is 1. The van der Waals surface area contributed by atoms with Gasteiger partial charge in [-0.3, -0.25) is 0 Å². The van der Waals surface area contributed by atoms with E-state index in [9.17, 15) is 10.1 Å². The first-order chi connectivity index (χ1) is 11.5. The van der Waals surface area contributed by atoms with Crippen LogP contribution < -0.4 is 9.47 Å². The van der Waals surface area contributed by atoms with Crippen molar-refractivity contribution in [1.29, 1.82) is 5.26 Å². The van der Waals surface area contributed by atoms with Crippen molar-refractivity contribution in [2.75, 3.05) is 7.11 Å². The molecule has 0 N–H and O–H groups in total. The molecule has 2 aromatic rings. The van der Waals surface area contributed by atoms with Gasteiger partial charge in [-0.1, -0.05) is 44.2 Å². The largest absolute Gasteiger partial charge is 0.496 e. The molecule has 0 atom stereocenters. The average Bonchev–Trinajstić information content (AvgIpc) is 2.60. The molecule has 2 aromatic carbocycles. The lowest BCUT2D eigenvalue weighted by atomic mass is 10.0. The number of nitriles is 1. The SMILES string of the molecule is COc1ccccc1/C=C(\C#N)C(=O)Oc1ccc(C(C)C)cc1. The first kappa shape index (κ1) is 17.3. The zero-order valence-electron chi connectivity index (χ0n) is 13.9. The summed E-state index contributed by atoms with van der Waals surface area (Å²) in [5.41, 5.74) is 1.70. The number of hydrogen-bond donors (Lipinski definition) is 0. The first-order valence-corrected chi connectivity index (χ1v) is 7.62. The van der Waals surface area contributed by atoms with Gasteiger partial charge in [0.05, 0.1) is 7.11 Å². The van der Waals surface area contributed by atoms with E-state index in [1.165, 1.54) is 13.2 Å². The Balaban J connectivity index is 2.20. The van der Waals surface area contributed by atoms with Crippen LogP contribution in [-0.2, 0) is 4.79 Å². The predicted molar refractivity (Wildman–Crippen MR) is 92.8 cm³/mol. The van der Waals surface area contributed by atoms with Crippen molar-refractivity contribution < 1.29 is 14.3 Å². The van der Waals surface area contributed by atoms with E-state index >= 15 is 0 Å². The van der Waals surface area contributed by atoms with Crippen molar-refractivity contribution in [2.24, 2.45) is 0 Å². The Labute approximate surface area is 141 Å². The summed E-state index contributed by atoms with van der Waals surface area (Å²) in [5, 5.41) is 9.26. The second kappa shape index (κ2) is 7.98. The van der Waals surface area contributed by atoms with Gasteiger partial charge in [-0.25, -0.2) is 4.79 Å². The quantitative estimate of drug-likeness (QED) is 0.356. The number of para-hydroxylation sites is 1. The molecule has 0 amide bonds. The number of carbonyl (C=O) groups is 1. The van der Waals surface area contributed by atoms with E-state index in [0.717, 1.165) is 5.56 Å². The van der Waals surface area contributed by atoms with Crippen LogP contribution in [0.3, 0.4) is 0 Å². The summed E-state index contributed by atoms with van der Waals surface area (Å²) in [6, 6.07) is 16.3. The molecule has 0 spiro atoms. The van der Waals surface area contributed by atoms with Crippen LogP contribution in [0.1, 0.15) is 30.9 Å². The molecule has 0 bridgehead atoms. The lowest BCUT2D eigenvalue weighted by Crippen LogP contribution is -2.10. The average molecular weight is 321 g/mol. The molecule has 0 heterocycles. The first-order valence-electron chi connectivity index (χ1n) is 7.62. The zero-order valence-corrected chi connectivity index (χ0v) is 13.9. The second-order valence-corrected chi connectivity index (χ2v) is 5.53. The number of rotatable bonds is 5. The highest BCUT2D eigenvalue weighted by molar-refractivity contribution is 5.99. The van der Waals surface area contributed by atoms with Gasteiger partial charge in [0.25, 0.3) is 0 Å². The molecule has 0 aliphatic heterocycles. The molecule has 4 heteroatoms. The maximum absolute atomic E-state index is 12.2. The number of hydrogen-bond acceptors (Lipinski definition) is 4. The van der Waals surface area contributed by atoms with Gasteiger partial charge in [0.1, 0.15) is 23.1 Å². The summed E-state index contributed by atoms with van der Waals surface area (Å²) in [7, 11) is 1.54. The molecule has 0 fully saturated rings. The molecule has 0 saturated heterocycles. The Morgan fingerprint density at radius 1 is 1.12 bits per heavy atom. The van der Waals surface area contributed by atoms with E-state index in [1.54, 1.807) is 30.3 Å². The Morgan fingerprint density at radius 2 is 1.79 bits per heavy atom. The lowest BCUT2D eigenvalue weighted by Gasteiger charge is -2.08. The lowest BCUT2D eigenvalue weighted by molar-refractivity contribution is -0.129. The van der Waals surface area contributed by atoms with E-state index in [0.29, 0.717) is 23.0 Å². The van der Waals surface area contributed by atoms with Crippen molar-refractivity contribution in [3.8, 4) is 17.6 Å². The molecular weight excluding hydrogens is 302 g/mol. The van der Waals surface area contributed by atoms with Gasteiger partial charge in [0.15, 0.2) is 0 Å². The molecular formula is C20H19NO3. The van der Waals surface area contributed by atoms with Gasteiger partial charge in [-0.15, -0.1) is 0 Å². The van der Waals surface area contributed by atoms with Crippen LogP contribution in [-0.4, -0.2) is 13.1 Å². The number of ether oxygens (including phenoxy) is 2. The van der Waals surface area contributed by atoms with E-state index in [1.807, 2.05) is 24.3 Å². The van der Waals surface area contributed by atoms with E-state index in [-0.39, 0.29) is 5.57 Å². The van der Waals surface area contributed by atoms with Crippen LogP contribution in [0.2, 0.25) is 0 Å². The third-order valence-electron chi connectivity index (χ3n) is 3.54. The summed E-state index contributed by atoms with van der Waals surface area (Å²) in [4.78, 5) is 12.2. The maximum Gasteiger partial charge on any atom is 0.354 e. The smallest absolute Gasteiger partial charge is 0.354 e. The maximum atomic E-state index is 12.2. The molecule has 122 valence electrons. The molecule has 0 aliphatic rings. The Bertz CT molecular complexity index is 783. The van der Waals surface area contributed by atoms with Gasteiger partial charge >= 0.3 is 5.97 Å². The highest BCUT2D eigenvalue weighted by atomic mass is 16.5. The number of carbonyl (C=O) groups excluding carboxylic acids is 1. The molecule has 0 aromatic heterocycles. The second-order valence-electron chi connectivity index (χ2n) is 5.53. The van der Waals surface area contributed by atoms with Crippen molar-refractivity contribution >= 4 is 12.0 Å². The minimum Gasteiger partial charge on any atom is -0.496 e. The number of benzene rings is 2. The molecule has 0 saturated carbocycles. The van der Waals surface area contributed by atoms with Crippen molar-refractivity contribution in [3.05, 3.63) is 65.2 Å². The highest BCUT2D eigenvalue weighted by Gasteiger charge is 2.13. The molecule has 24 heavy (non-hydrogen) atoms. The topological polar surface area (TPSA) is 59.3 Å². The standard InChI is InChI=1S/C20H19NO3/c1-14(2)15-8-10-18(11-9-15)24-20(22)17(13-21)12-16-6-4-5-7-19(16)23-3/h4-12,14H,1-3H3/b17-12+. The van der Waals surface area contributed by atoms with Crippen molar-refractivity contribution in [2.45, 2.75) is 19.8 Å². The molecule has 0 unspecified atom stereocenters. The minimum atomic E-state index is -0.694. The minimum absolute atomic E-state index is 0.0903. The molecule has 4 nitrogen and oxygen atoms in total. The fraction of sp³-hybridized carbons (Fsp3) is 0.200. The summed E-state index contributed by atoms with van der Waals surface area (Å²) in [5.74, 6) is 0.695. The van der Waals surface area contributed by atoms with Gasteiger partial charge < -0.3 is 9.47 Å². The number of nitrogens with zero attached hydrogens (tertiary/aromatic N) is 1. The highest BCUT2D eigenvalue weighted by Crippen LogP contribution is 2.22. The van der Waals surface area contributed by atoms with Crippen LogP contribution in [0.25, 0.3) is 6.08 Å². The van der Waals surface area contributed by atoms with E-state index in [2.05, 4.69) is 13.8 Å². The third-order valence-corrected chi connectivity index (χ3v) is 3.54. The normalized spacial score (nSPS) is 11.0. The van der Waals surface area contributed by atoms with Gasteiger partial charge in [0, 0.05) is 5.56 Å². The molecule has 0 aliphatic carbocycles. The van der Waals surface area contributed by atoms with E-state index in [4.69, 9.17) is 9.47 Å². The summed E-state index contributed by atoms with van der Waals surface area (Å²) < 4.78 is 10.5. The van der Waals surface area contributed by atoms with Crippen LogP contribution in [0.4, 0.5) is 0 Å². The monoisotopic (exact) mass is 321 g/mol. The zero-order chi connectivity index (χ0) is 17.5. The fourth-order valence-electron chi connectivity index (χ4n) is 2.16. The Hall–Kier alpha value is -3.06. The van der Waals surface area contributed by atoms with Crippen molar-refractivity contribution in [3.63, 3.8) is 0 Å². The van der Waals surface area contributed by atoms with E-state index < -0.39 is 5.97 Å². The van der Waals surface area contributed by atoms with Crippen LogP contribution in [0, 0.1) is 11.3 Å². The van der Waals surface area contributed by atoms with Gasteiger partial charge in [-0.2, -0.15) is 5.26 Å². The number of methoxy groups -OCH3 is 1. The molecule has 2 rings (SSSR count). The third kappa shape index (κ3) is 4.23.